The Bertz CT molecular complexity index is 380. The molecular formula is C16H24Cl2SiZr-2. The van der Waals surface area contributed by atoms with Gasteiger partial charge in [0, 0.05) is 0 Å². The van der Waals surface area contributed by atoms with Crippen molar-refractivity contribution in [1.82, 2.24) is 0 Å². The van der Waals surface area contributed by atoms with Gasteiger partial charge in [-0.1, -0.05) is 27.7 Å². The fourth-order valence-corrected chi connectivity index (χ4v) is 1.50. The minimum absolute atomic E-state index is 0. The fourth-order valence-electron chi connectivity index (χ4n) is 1.50. The van der Waals surface area contributed by atoms with Crippen molar-refractivity contribution < 1.29 is 48.1 Å². The molecule has 0 nitrogen and oxygen atoms in total. The maximum atomic E-state index is 3.19. The molecule has 112 valence electrons. The summed E-state index contributed by atoms with van der Waals surface area (Å²) >= 11 is 1.74. The average molecular weight is 407 g/mol. The number of hydrogen-bond donors (Lipinski definition) is 0. The molecule has 0 aromatic rings. The van der Waals surface area contributed by atoms with Crippen LogP contribution in [0.15, 0.2) is 34.4 Å². The van der Waals surface area contributed by atoms with Crippen LogP contribution in [0.1, 0.15) is 40.5 Å². The molecule has 0 radical (unpaired) electrons. The van der Waals surface area contributed by atoms with Crippen LogP contribution in [-0.2, 0) is 23.3 Å². The second-order valence-electron chi connectivity index (χ2n) is 5.05. The SMILES string of the molecule is CC1=[C-]CC(C)=C1.CC1=[C-]CC(C)=C1.C[Si](C)=[Zr+2].[Cl-].[Cl-]. The molecule has 2 rings (SSSR count). The smallest absolute Gasteiger partial charge is 1.00 e. The van der Waals surface area contributed by atoms with Crippen LogP contribution in [0, 0.1) is 12.2 Å². The van der Waals surface area contributed by atoms with Crippen molar-refractivity contribution in [2.45, 2.75) is 53.6 Å². The second-order valence-corrected chi connectivity index (χ2v) is 14.4. The predicted octanol–water partition coefficient (Wildman–Crippen LogP) is -1.04. The van der Waals surface area contributed by atoms with E-state index in [0.717, 1.165) is 12.8 Å². The number of halogens is 2. The molecule has 0 aromatic carbocycles. The first-order valence-electron chi connectivity index (χ1n) is 6.32. The quantitative estimate of drug-likeness (QED) is 0.356. The van der Waals surface area contributed by atoms with Crippen molar-refractivity contribution >= 4 is 5.43 Å². The van der Waals surface area contributed by atoms with Gasteiger partial charge in [-0.15, -0.1) is 12.8 Å². The van der Waals surface area contributed by atoms with Gasteiger partial charge < -0.3 is 24.8 Å². The average Bonchev–Trinajstić information content (AvgIpc) is 2.76. The third-order valence-electron chi connectivity index (χ3n) is 2.22. The summed E-state index contributed by atoms with van der Waals surface area (Å²) in [5.74, 6) is 0. The molecule has 0 spiro atoms. The van der Waals surface area contributed by atoms with Gasteiger partial charge in [0.1, 0.15) is 0 Å². The summed E-state index contributed by atoms with van der Waals surface area (Å²) in [4.78, 5) is 0. The van der Waals surface area contributed by atoms with Crippen molar-refractivity contribution in [2.75, 3.05) is 0 Å². The van der Waals surface area contributed by atoms with Gasteiger partial charge >= 0.3 is 41.9 Å². The molecule has 0 atom stereocenters. The van der Waals surface area contributed by atoms with Crippen LogP contribution in [0.25, 0.3) is 0 Å². The maximum Gasteiger partial charge on any atom is -1.00 e. The molecule has 0 bridgehead atoms. The molecule has 0 saturated heterocycles. The van der Waals surface area contributed by atoms with E-state index >= 15 is 0 Å². The largest absolute Gasteiger partial charge is 1.00 e. The van der Waals surface area contributed by atoms with E-state index in [-0.39, 0.29) is 30.2 Å². The monoisotopic (exact) mass is 404 g/mol. The van der Waals surface area contributed by atoms with Gasteiger partial charge in [-0.25, -0.2) is 23.3 Å². The Morgan fingerprint density at radius 2 is 1.10 bits per heavy atom. The van der Waals surface area contributed by atoms with Crippen LogP contribution >= 0.6 is 0 Å². The number of allylic oxidation sites excluding steroid dienone is 8. The Kier molecular flexibility index (Phi) is 18.6. The van der Waals surface area contributed by atoms with Crippen LogP contribution in [0.4, 0.5) is 0 Å². The molecule has 0 fully saturated rings. The summed E-state index contributed by atoms with van der Waals surface area (Å²) in [6, 6.07) is 0. The molecule has 0 saturated carbocycles. The molecule has 0 amide bonds. The Morgan fingerprint density at radius 3 is 1.15 bits per heavy atom. The van der Waals surface area contributed by atoms with Crippen LogP contribution in [-0.4, -0.2) is 5.43 Å². The summed E-state index contributed by atoms with van der Waals surface area (Å²) in [5.41, 5.74) is 5.65. The number of hydrogen-bond acceptors (Lipinski definition) is 0. The zero-order valence-corrected chi connectivity index (χ0v) is 18.3. The van der Waals surface area contributed by atoms with Crippen molar-refractivity contribution in [3.63, 3.8) is 0 Å². The predicted molar refractivity (Wildman–Crippen MR) is 79.1 cm³/mol. The van der Waals surface area contributed by atoms with Gasteiger partial charge in [0.25, 0.3) is 0 Å². The van der Waals surface area contributed by atoms with Crippen molar-refractivity contribution in [3.8, 4) is 0 Å². The van der Waals surface area contributed by atoms with Crippen LogP contribution < -0.4 is 24.8 Å². The van der Waals surface area contributed by atoms with E-state index in [9.17, 15) is 0 Å². The van der Waals surface area contributed by atoms with Crippen LogP contribution in [0.3, 0.4) is 0 Å². The minimum atomic E-state index is 0. The van der Waals surface area contributed by atoms with Gasteiger partial charge in [0.15, 0.2) is 0 Å². The molecule has 2 aliphatic rings. The third-order valence-corrected chi connectivity index (χ3v) is 2.22. The van der Waals surface area contributed by atoms with Crippen LogP contribution in [0.2, 0.25) is 13.1 Å². The third kappa shape index (κ3) is 16.7. The molecular weight excluding hydrogens is 382 g/mol. The van der Waals surface area contributed by atoms with Crippen LogP contribution in [0.5, 0.6) is 0 Å². The van der Waals surface area contributed by atoms with E-state index in [0.29, 0.717) is 0 Å². The summed E-state index contributed by atoms with van der Waals surface area (Å²) < 4.78 is 0. The Morgan fingerprint density at radius 1 is 0.850 bits per heavy atom. The van der Waals surface area contributed by atoms with E-state index < -0.39 is 0 Å². The first kappa shape index (κ1) is 25.6. The molecule has 0 aromatic heterocycles. The van der Waals surface area contributed by atoms with Gasteiger partial charge in [-0.3, -0.25) is 12.2 Å². The summed E-state index contributed by atoms with van der Waals surface area (Å²) in [7, 11) is 0. The zero-order valence-electron chi connectivity index (χ0n) is 13.3. The van der Waals surface area contributed by atoms with Crippen molar-refractivity contribution in [3.05, 3.63) is 46.6 Å². The topological polar surface area (TPSA) is 0 Å². The molecule has 0 unspecified atom stereocenters. The first-order valence-corrected chi connectivity index (χ1v) is 12.5. The van der Waals surface area contributed by atoms with Crippen molar-refractivity contribution in [2.24, 2.45) is 0 Å². The molecule has 2 aliphatic carbocycles. The molecule has 4 heteroatoms. The summed E-state index contributed by atoms with van der Waals surface area (Å²) in [6.45, 7) is 13.0. The first-order chi connectivity index (χ1) is 8.31. The normalized spacial score (nSPS) is 14.8. The van der Waals surface area contributed by atoms with E-state index in [4.69, 9.17) is 0 Å². The van der Waals surface area contributed by atoms with Gasteiger partial charge in [0.05, 0.1) is 0 Å². The van der Waals surface area contributed by atoms with E-state index in [1.807, 2.05) is 0 Å². The summed E-state index contributed by atoms with van der Waals surface area (Å²) in [6.07, 6.45) is 12.8. The molecule has 0 aliphatic heterocycles. The standard InChI is InChI=1S/2C7H9.C2H6Si.2ClH.Zr/c2*1-6-3-4-7(2)5-6;1-3-2;;;/h2*5H,3H2,1-2H3;1-2H3;2*1H;/q2*-1;;;;+2/p-2. The Hall–Kier alpha value is 0.640. The number of rotatable bonds is 0. The zero-order chi connectivity index (χ0) is 14.1. The van der Waals surface area contributed by atoms with Gasteiger partial charge in [-0.2, -0.15) is 11.1 Å². The fraction of sp³-hybridized carbons (Fsp3) is 0.500. The Labute approximate surface area is 153 Å². The molecule has 20 heavy (non-hydrogen) atoms. The Balaban J connectivity index is -0.000000215. The van der Waals surface area contributed by atoms with E-state index in [1.165, 1.54) is 22.3 Å². The van der Waals surface area contributed by atoms with E-state index in [2.05, 4.69) is 65.1 Å². The van der Waals surface area contributed by atoms with Crippen molar-refractivity contribution in [1.29, 1.82) is 0 Å². The van der Waals surface area contributed by atoms with Gasteiger partial charge in [0.2, 0.25) is 0 Å². The van der Waals surface area contributed by atoms with E-state index in [1.54, 1.807) is 23.3 Å². The summed E-state index contributed by atoms with van der Waals surface area (Å²) in [5, 5.41) is 0. The maximum absolute atomic E-state index is 3.19. The molecule has 0 N–H and O–H groups in total. The van der Waals surface area contributed by atoms with Gasteiger partial charge in [-0.05, 0) is 0 Å². The molecule has 0 heterocycles. The minimum Gasteiger partial charge on any atom is -1.00 e. The second kappa shape index (κ2) is 14.6.